The number of hydrogen-bond donors (Lipinski definition) is 0. The van der Waals surface area contributed by atoms with Gasteiger partial charge in [0.05, 0.1) is 24.8 Å². The Hall–Kier alpha value is -2.70. The lowest BCUT2D eigenvalue weighted by atomic mass is 10.1. The molecule has 7 heteroatoms. The van der Waals surface area contributed by atoms with E-state index in [0.29, 0.717) is 18.6 Å². The first-order chi connectivity index (χ1) is 11.2. The van der Waals surface area contributed by atoms with Gasteiger partial charge in [0.1, 0.15) is 11.3 Å². The van der Waals surface area contributed by atoms with Gasteiger partial charge in [0.25, 0.3) is 5.91 Å². The van der Waals surface area contributed by atoms with E-state index in [2.05, 4.69) is 21.5 Å². The van der Waals surface area contributed by atoms with Crippen molar-refractivity contribution in [3.63, 3.8) is 0 Å². The summed E-state index contributed by atoms with van der Waals surface area (Å²) >= 11 is 0. The molecule has 0 unspecified atom stereocenters. The molecule has 0 atom stereocenters. The highest BCUT2D eigenvalue weighted by Gasteiger charge is 2.27. The summed E-state index contributed by atoms with van der Waals surface area (Å²) < 4.78 is 17.4. The molecule has 0 aliphatic carbocycles. The molecule has 1 amide bonds. The van der Waals surface area contributed by atoms with Gasteiger partial charge in [-0.25, -0.2) is 14.4 Å². The molecule has 0 spiro atoms. The molecule has 4 heterocycles. The molecular formula is C16H16FN5O. The molecule has 0 radical (unpaired) electrons. The van der Waals surface area contributed by atoms with E-state index < -0.39 is 0 Å². The van der Waals surface area contributed by atoms with Crippen molar-refractivity contribution in [2.75, 3.05) is 6.54 Å². The van der Waals surface area contributed by atoms with Crippen LogP contribution in [0.4, 0.5) is 4.39 Å². The van der Waals surface area contributed by atoms with Crippen molar-refractivity contribution < 1.29 is 9.18 Å². The van der Waals surface area contributed by atoms with Gasteiger partial charge in [0, 0.05) is 31.4 Å². The molecule has 0 fully saturated rings. The number of aryl methyl sites for hydroxylation is 1. The van der Waals surface area contributed by atoms with E-state index in [1.807, 2.05) is 6.33 Å². The molecule has 6 nitrogen and oxygen atoms in total. The maximum Gasteiger partial charge on any atom is 0.290 e. The molecule has 0 saturated heterocycles. The maximum atomic E-state index is 13.7. The number of carbonyl (C=O) groups excluding carboxylic acids is 1. The lowest BCUT2D eigenvalue weighted by Gasteiger charge is -2.26. The molecule has 118 valence electrons. The number of imidazole rings is 2. The standard InChI is InChI=1S/C16H16FN5O/c1-2-20-10-19-12-9-21(7-5-13(12)20)16(23)15-18-8-14-11(17)4-3-6-22(14)15/h3-4,6,8,10H,2,5,7,9H2,1H3. The van der Waals surface area contributed by atoms with Gasteiger partial charge in [-0.1, -0.05) is 0 Å². The van der Waals surface area contributed by atoms with Gasteiger partial charge >= 0.3 is 0 Å². The summed E-state index contributed by atoms with van der Waals surface area (Å²) in [5, 5.41) is 0. The molecule has 0 aromatic carbocycles. The Balaban J connectivity index is 1.66. The van der Waals surface area contributed by atoms with E-state index in [1.165, 1.54) is 22.4 Å². The minimum Gasteiger partial charge on any atom is -0.334 e. The van der Waals surface area contributed by atoms with Gasteiger partial charge in [-0.2, -0.15) is 0 Å². The fraction of sp³-hybridized carbons (Fsp3) is 0.312. The number of hydrogen-bond acceptors (Lipinski definition) is 3. The minimum atomic E-state index is -0.387. The third kappa shape index (κ3) is 2.11. The second-order valence-electron chi connectivity index (χ2n) is 5.59. The number of carbonyl (C=O) groups is 1. The predicted octanol–water partition coefficient (Wildman–Crippen LogP) is 1.89. The average Bonchev–Trinajstić information content (AvgIpc) is 3.18. The van der Waals surface area contributed by atoms with Crippen LogP contribution >= 0.6 is 0 Å². The number of halogens is 1. The van der Waals surface area contributed by atoms with Crippen LogP contribution in [0.3, 0.4) is 0 Å². The van der Waals surface area contributed by atoms with Crippen LogP contribution in [0, 0.1) is 5.82 Å². The van der Waals surface area contributed by atoms with Crippen LogP contribution in [0.25, 0.3) is 5.52 Å². The first-order valence-electron chi connectivity index (χ1n) is 7.62. The second kappa shape index (κ2) is 5.19. The van der Waals surface area contributed by atoms with E-state index >= 15 is 0 Å². The van der Waals surface area contributed by atoms with Gasteiger partial charge in [-0.3, -0.25) is 9.20 Å². The first kappa shape index (κ1) is 13.9. The van der Waals surface area contributed by atoms with Crippen LogP contribution in [0.15, 0.2) is 30.9 Å². The lowest BCUT2D eigenvalue weighted by molar-refractivity contribution is 0.0718. The van der Waals surface area contributed by atoms with Gasteiger partial charge in [-0.15, -0.1) is 0 Å². The fourth-order valence-corrected chi connectivity index (χ4v) is 3.10. The Bertz CT molecular complexity index is 897. The van der Waals surface area contributed by atoms with E-state index in [-0.39, 0.29) is 17.5 Å². The summed E-state index contributed by atoms with van der Waals surface area (Å²) in [6, 6.07) is 2.92. The van der Waals surface area contributed by atoms with Crippen molar-refractivity contribution in [1.29, 1.82) is 0 Å². The minimum absolute atomic E-state index is 0.202. The first-order valence-corrected chi connectivity index (χ1v) is 7.62. The molecule has 3 aromatic rings. The summed E-state index contributed by atoms with van der Waals surface area (Å²) in [6.45, 7) is 4.03. The number of nitrogens with zero attached hydrogens (tertiary/aromatic N) is 5. The van der Waals surface area contributed by atoms with E-state index in [1.54, 1.807) is 17.2 Å². The zero-order valence-electron chi connectivity index (χ0n) is 12.7. The molecule has 0 N–H and O–H groups in total. The van der Waals surface area contributed by atoms with Gasteiger partial charge in [0.2, 0.25) is 5.82 Å². The third-order valence-electron chi connectivity index (χ3n) is 4.33. The van der Waals surface area contributed by atoms with E-state index in [0.717, 1.165) is 18.7 Å². The molecule has 23 heavy (non-hydrogen) atoms. The van der Waals surface area contributed by atoms with Crippen molar-refractivity contribution in [3.8, 4) is 0 Å². The Morgan fingerprint density at radius 2 is 2.26 bits per heavy atom. The van der Waals surface area contributed by atoms with Crippen molar-refractivity contribution in [3.05, 3.63) is 53.9 Å². The third-order valence-corrected chi connectivity index (χ3v) is 4.33. The zero-order valence-corrected chi connectivity index (χ0v) is 12.7. The smallest absolute Gasteiger partial charge is 0.290 e. The highest BCUT2D eigenvalue weighted by Crippen LogP contribution is 2.20. The fourth-order valence-electron chi connectivity index (χ4n) is 3.10. The van der Waals surface area contributed by atoms with Gasteiger partial charge in [0.15, 0.2) is 0 Å². The monoisotopic (exact) mass is 313 g/mol. The van der Waals surface area contributed by atoms with Crippen molar-refractivity contribution in [1.82, 2.24) is 23.8 Å². The topological polar surface area (TPSA) is 55.4 Å². The van der Waals surface area contributed by atoms with Crippen LogP contribution in [0.5, 0.6) is 0 Å². The van der Waals surface area contributed by atoms with Crippen LogP contribution in [-0.2, 0) is 19.5 Å². The Labute approximate surface area is 132 Å². The highest BCUT2D eigenvalue weighted by molar-refractivity contribution is 5.92. The van der Waals surface area contributed by atoms with Crippen molar-refractivity contribution >= 4 is 11.4 Å². The Morgan fingerprint density at radius 1 is 1.39 bits per heavy atom. The summed E-state index contributed by atoms with van der Waals surface area (Å²) in [6.07, 6.45) is 5.63. The predicted molar refractivity (Wildman–Crippen MR) is 81.5 cm³/mol. The SMILES string of the molecule is CCn1cnc2c1CCN(C(=O)c1ncc3c(F)cccn13)C2. The number of aromatic nitrogens is 4. The van der Waals surface area contributed by atoms with E-state index in [9.17, 15) is 9.18 Å². The number of rotatable bonds is 2. The van der Waals surface area contributed by atoms with Crippen LogP contribution in [0.2, 0.25) is 0 Å². The summed E-state index contributed by atoms with van der Waals surface area (Å²) in [5.41, 5.74) is 2.43. The molecule has 3 aromatic heterocycles. The lowest BCUT2D eigenvalue weighted by Crippen LogP contribution is -2.37. The Kier molecular flexibility index (Phi) is 3.14. The van der Waals surface area contributed by atoms with Crippen LogP contribution in [0.1, 0.15) is 28.9 Å². The highest BCUT2D eigenvalue weighted by atomic mass is 19.1. The zero-order chi connectivity index (χ0) is 16.0. The quantitative estimate of drug-likeness (QED) is 0.726. The van der Waals surface area contributed by atoms with E-state index in [4.69, 9.17) is 0 Å². The van der Waals surface area contributed by atoms with Crippen LogP contribution in [-0.4, -0.2) is 36.3 Å². The number of pyridine rings is 1. The molecule has 0 bridgehead atoms. The molecular weight excluding hydrogens is 297 g/mol. The van der Waals surface area contributed by atoms with Gasteiger partial charge < -0.3 is 9.47 Å². The van der Waals surface area contributed by atoms with Crippen LogP contribution < -0.4 is 0 Å². The number of amides is 1. The van der Waals surface area contributed by atoms with Crippen molar-refractivity contribution in [2.24, 2.45) is 0 Å². The second-order valence-corrected chi connectivity index (χ2v) is 5.59. The Morgan fingerprint density at radius 3 is 3.09 bits per heavy atom. The molecule has 1 aliphatic heterocycles. The van der Waals surface area contributed by atoms with Crippen molar-refractivity contribution in [2.45, 2.75) is 26.4 Å². The summed E-state index contributed by atoms with van der Waals surface area (Å²) in [7, 11) is 0. The largest absolute Gasteiger partial charge is 0.334 e. The number of fused-ring (bicyclic) bond motifs is 2. The summed E-state index contributed by atoms with van der Waals surface area (Å²) in [4.78, 5) is 23.0. The molecule has 4 rings (SSSR count). The normalized spacial score (nSPS) is 14.3. The molecule has 1 aliphatic rings. The maximum absolute atomic E-state index is 13.7. The van der Waals surface area contributed by atoms with Gasteiger partial charge in [-0.05, 0) is 19.1 Å². The molecule has 0 saturated carbocycles. The summed E-state index contributed by atoms with van der Waals surface area (Å²) in [5.74, 6) is -0.355. The average molecular weight is 313 g/mol.